The lowest BCUT2D eigenvalue weighted by atomic mass is 9.97. The molecular formula is C18H25N5O. The molecule has 24 heavy (non-hydrogen) atoms. The van der Waals surface area contributed by atoms with Crippen LogP contribution in [0, 0.1) is 11.8 Å². The number of anilines is 1. The summed E-state index contributed by atoms with van der Waals surface area (Å²) in [6.07, 6.45) is 5.74. The molecule has 2 aromatic rings. The van der Waals surface area contributed by atoms with E-state index in [1.807, 2.05) is 29.2 Å². The first-order valence-electron chi connectivity index (χ1n) is 8.59. The van der Waals surface area contributed by atoms with Crippen molar-refractivity contribution < 1.29 is 4.79 Å². The minimum Gasteiger partial charge on any atom is -0.324 e. The normalized spacial score (nSPS) is 17.5. The lowest BCUT2D eigenvalue weighted by Crippen LogP contribution is -2.33. The molecule has 1 aliphatic rings. The molecule has 1 fully saturated rings. The Kier molecular flexibility index (Phi) is 5.13. The number of likely N-dealkylation sites (tertiary alicyclic amines) is 1. The van der Waals surface area contributed by atoms with Gasteiger partial charge in [0.25, 0.3) is 0 Å². The summed E-state index contributed by atoms with van der Waals surface area (Å²) < 4.78 is 1.77. The Morgan fingerprint density at radius 1 is 1.33 bits per heavy atom. The highest BCUT2D eigenvalue weighted by Gasteiger charge is 2.27. The van der Waals surface area contributed by atoms with E-state index in [-0.39, 0.29) is 6.03 Å². The number of hydrogen-bond acceptors (Lipinski definition) is 3. The van der Waals surface area contributed by atoms with Crippen LogP contribution in [0.4, 0.5) is 10.6 Å². The molecule has 6 nitrogen and oxygen atoms in total. The van der Waals surface area contributed by atoms with Crippen molar-refractivity contribution in [1.29, 1.82) is 0 Å². The van der Waals surface area contributed by atoms with Crippen LogP contribution in [0.1, 0.15) is 32.4 Å². The van der Waals surface area contributed by atoms with Crippen molar-refractivity contribution in [2.45, 2.75) is 33.2 Å². The van der Waals surface area contributed by atoms with Crippen molar-refractivity contribution in [3.63, 3.8) is 0 Å². The van der Waals surface area contributed by atoms with Crippen molar-refractivity contribution in [1.82, 2.24) is 19.7 Å². The second-order valence-electron chi connectivity index (χ2n) is 6.86. The lowest BCUT2D eigenvalue weighted by Gasteiger charge is -2.18. The van der Waals surface area contributed by atoms with Crippen LogP contribution >= 0.6 is 0 Å². The van der Waals surface area contributed by atoms with Gasteiger partial charge in [0.1, 0.15) is 5.82 Å². The molecule has 2 aromatic heterocycles. The number of rotatable bonds is 5. The third-order valence-electron chi connectivity index (χ3n) is 4.37. The maximum Gasteiger partial charge on any atom is 0.323 e. The molecule has 1 saturated heterocycles. The van der Waals surface area contributed by atoms with Crippen LogP contribution in [0.25, 0.3) is 0 Å². The Bertz CT molecular complexity index is 667. The van der Waals surface area contributed by atoms with Gasteiger partial charge in [0.15, 0.2) is 0 Å². The van der Waals surface area contributed by atoms with E-state index in [2.05, 4.69) is 29.2 Å². The van der Waals surface area contributed by atoms with Gasteiger partial charge in [-0.15, -0.1) is 0 Å². The molecular weight excluding hydrogens is 302 g/mol. The summed E-state index contributed by atoms with van der Waals surface area (Å²) >= 11 is 0. The summed E-state index contributed by atoms with van der Waals surface area (Å²) in [5.74, 6) is 2.00. The van der Waals surface area contributed by atoms with Crippen LogP contribution in [0.15, 0.2) is 36.7 Å². The first-order valence-corrected chi connectivity index (χ1v) is 8.59. The van der Waals surface area contributed by atoms with Gasteiger partial charge in [-0.05, 0) is 36.8 Å². The maximum absolute atomic E-state index is 12.5. The Labute approximate surface area is 142 Å². The fourth-order valence-corrected chi connectivity index (χ4v) is 3.27. The molecule has 1 atom stereocenters. The van der Waals surface area contributed by atoms with E-state index in [0.29, 0.717) is 24.2 Å². The van der Waals surface area contributed by atoms with Crippen LogP contribution in [0.5, 0.6) is 0 Å². The van der Waals surface area contributed by atoms with Crippen LogP contribution in [-0.2, 0) is 6.54 Å². The first-order chi connectivity index (χ1) is 11.6. The van der Waals surface area contributed by atoms with Gasteiger partial charge in [0.2, 0.25) is 0 Å². The predicted octanol–water partition coefficient (Wildman–Crippen LogP) is 3.23. The average Bonchev–Trinajstić information content (AvgIpc) is 3.18. The number of carbonyl (C=O) groups is 1. The average molecular weight is 327 g/mol. The number of aromatic nitrogens is 3. The molecule has 1 unspecified atom stereocenters. The molecule has 0 radical (unpaired) electrons. The zero-order chi connectivity index (χ0) is 16.9. The highest BCUT2D eigenvalue weighted by atomic mass is 16.2. The smallest absolute Gasteiger partial charge is 0.323 e. The maximum atomic E-state index is 12.5. The summed E-state index contributed by atoms with van der Waals surface area (Å²) in [4.78, 5) is 18.7. The second kappa shape index (κ2) is 7.47. The third-order valence-corrected chi connectivity index (χ3v) is 4.37. The number of nitrogens with one attached hydrogen (secondary N) is 1. The minimum absolute atomic E-state index is 0.0379. The van der Waals surface area contributed by atoms with Gasteiger partial charge in [0, 0.05) is 25.4 Å². The van der Waals surface area contributed by atoms with Crippen molar-refractivity contribution in [3.8, 4) is 0 Å². The van der Waals surface area contributed by atoms with E-state index in [0.717, 1.165) is 25.2 Å². The van der Waals surface area contributed by atoms with Gasteiger partial charge < -0.3 is 4.90 Å². The molecule has 128 valence electrons. The summed E-state index contributed by atoms with van der Waals surface area (Å²) in [6, 6.07) is 7.57. The zero-order valence-corrected chi connectivity index (χ0v) is 14.4. The van der Waals surface area contributed by atoms with Crippen molar-refractivity contribution in [3.05, 3.63) is 42.4 Å². The highest BCUT2D eigenvalue weighted by Crippen LogP contribution is 2.23. The topological polar surface area (TPSA) is 63.1 Å². The molecule has 2 amide bonds. The van der Waals surface area contributed by atoms with Crippen LogP contribution in [-0.4, -0.2) is 38.8 Å². The molecule has 3 rings (SSSR count). The van der Waals surface area contributed by atoms with Crippen molar-refractivity contribution in [2.24, 2.45) is 11.8 Å². The number of nitrogens with zero attached hydrogens (tertiary/aromatic N) is 4. The van der Waals surface area contributed by atoms with E-state index in [1.54, 1.807) is 17.1 Å². The number of urea groups is 1. The van der Waals surface area contributed by atoms with Crippen LogP contribution in [0.2, 0.25) is 0 Å². The van der Waals surface area contributed by atoms with Gasteiger partial charge in [-0.1, -0.05) is 19.9 Å². The SMILES string of the molecule is CC(C)CC1CCN(C(=O)Nc2ccnn2Cc2ccccn2)C1. The number of hydrogen-bond donors (Lipinski definition) is 1. The van der Waals surface area contributed by atoms with Crippen LogP contribution < -0.4 is 5.32 Å². The lowest BCUT2D eigenvalue weighted by molar-refractivity contribution is 0.219. The monoisotopic (exact) mass is 327 g/mol. The highest BCUT2D eigenvalue weighted by molar-refractivity contribution is 5.88. The van der Waals surface area contributed by atoms with E-state index >= 15 is 0 Å². The minimum atomic E-state index is -0.0379. The molecule has 3 heterocycles. The van der Waals surface area contributed by atoms with Gasteiger partial charge >= 0.3 is 6.03 Å². The number of pyridine rings is 1. The Hall–Kier alpha value is -2.37. The fraction of sp³-hybridized carbons (Fsp3) is 0.500. The summed E-state index contributed by atoms with van der Waals surface area (Å²) in [5.41, 5.74) is 0.912. The summed E-state index contributed by atoms with van der Waals surface area (Å²) in [5, 5.41) is 7.28. The Balaban J connectivity index is 1.59. The van der Waals surface area contributed by atoms with E-state index in [4.69, 9.17) is 0 Å². The molecule has 1 N–H and O–H groups in total. The summed E-state index contributed by atoms with van der Waals surface area (Å²) in [7, 11) is 0. The molecule has 6 heteroatoms. The van der Waals surface area contributed by atoms with Crippen LogP contribution in [0.3, 0.4) is 0 Å². The standard InChI is InChI=1S/C18H25N5O/c1-14(2)11-15-7-10-22(12-15)18(24)21-17-6-9-20-23(17)13-16-5-3-4-8-19-16/h3-6,8-9,14-15H,7,10-13H2,1-2H3,(H,21,24). The largest absolute Gasteiger partial charge is 0.324 e. The molecule has 0 spiro atoms. The zero-order valence-electron chi connectivity index (χ0n) is 14.4. The second-order valence-corrected chi connectivity index (χ2v) is 6.86. The van der Waals surface area contributed by atoms with Gasteiger partial charge in [-0.3, -0.25) is 10.3 Å². The van der Waals surface area contributed by atoms with Gasteiger partial charge in [-0.25, -0.2) is 9.48 Å². The van der Waals surface area contributed by atoms with E-state index in [9.17, 15) is 4.79 Å². The van der Waals surface area contributed by atoms with Crippen molar-refractivity contribution >= 4 is 11.8 Å². The van der Waals surface area contributed by atoms with Crippen molar-refractivity contribution in [2.75, 3.05) is 18.4 Å². The fourth-order valence-electron chi connectivity index (χ4n) is 3.27. The molecule has 0 saturated carbocycles. The third kappa shape index (κ3) is 4.13. The first kappa shape index (κ1) is 16.5. The predicted molar refractivity (Wildman–Crippen MR) is 93.7 cm³/mol. The number of amides is 2. The quantitative estimate of drug-likeness (QED) is 0.917. The van der Waals surface area contributed by atoms with Gasteiger partial charge in [0.05, 0.1) is 18.4 Å². The number of carbonyl (C=O) groups excluding carboxylic acids is 1. The van der Waals surface area contributed by atoms with Gasteiger partial charge in [-0.2, -0.15) is 5.10 Å². The van der Waals surface area contributed by atoms with E-state index < -0.39 is 0 Å². The molecule has 0 aromatic carbocycles. The van der Waals surface area contributed by atoms with E-state index in [1.165, 1.54) is 6.42 Å². The summed E-state index contributed by atoms with van der Waals surface area (Å²) in [6.45, 7) is 6.69. The Morgan fingerprint density at radius 2 is 2.21 bits per heavy atom. The molecule has 0 bridgehead atoms. The molecule has 0 aliphatic carbocycles. The Morgan fingerprint density at radius 3 is 2.96 bits per heavy atom. The molecule has 1 aliphatic heterocycles.